The summed E-state index contributed by atoms with van der Waals surface area (Å²) < 4.78 is 16.2. The van der Waals surface area contributed by atoms with Crippen molar-refractivity contribution in [3.63, 3.8) is 0 Å². The first-order valence-electron chi connectivity index (χ1n) is 9.15. The van der Waals surface area contributed by atoms with Crippen LogP contribution in [0.5, 0.6) is 0 Å². The molecule has 0 aliphatic heterocycles. The third-order valence-corrected chi connectivity index (χ3v) is 5.91. The van der Waals surface area contributed by atoms with Crippen LogP contribution < -0.4 is 5.32 Å². The summed E-state index contributed by atoms with van der Waals surface area (Å²) in [5.74, 6) is -0.691. The summed E-state index contributed by atoms with van der Waals surface area (Å²) in [5.41, 5.74) is 5.08. The number of hydrogen-bond acceptors (Lipinski definition) is 4. The third-order valence-electron chi connectivity index (χ3n) is 4.68. The second-order valence-corrected chi connectivity index (χ2v) is 7.94. The van der Waals surface area contributed by atoms with Gasteiger partial charge in [0.05, 0.1) is 29.7 Å². The fourth-order valence-electron chi connectivity index (χ4n) is 2.99. The summed E-state index contributed by atoms with van der Waals surface area (Å²) in [7, 11) is 0. The smallest absolute Gasteiger partial charge is 0.263 e. The van der Waals surface area contributed by atoms with Gasteiger partial charge < -0.3 is 5.32 Å². The number of aryl methyl sites for hydroxylation is 1. The van der Waals surface area contributed by atoms with E-state index in [1.165, 1.54) is 17.4 Å². The Morgan fingerprint density at radius 3 is 2.81 bits per heavy atom. The lowest BCUT2D eigenvalue weighted by Crippen LogP contribution is -2.23. The van der Waals surface area contributed by atoms with Crippen LogP contribution in [-0.2, 0) is 6.54 Å². The minimum Gasteiger partial charge on any atom is -0.347 e. The highest BCUT2D eigenvalue weighted by Crippen LogP contribution is 2.28. The average molecular weight is 452 g/mol. The van der Waals surface area contributed by atoms with E-state index >= 15 is 0 Å². The van der Waals surface area contributed by atoms with Crippen LogP contribution in [0.4, 0.5) is 10.1 Å². The Bertz CT molecular complexity index is 1320. The van der Waals surface area contributed by atoms with E-state index in [9.17, 15) is 9.18 Å². The van der Waals surface area contributed by atoms with E-state index in [0.717, 1.165) is 5.56 Å². The van der Waals surface area contributed by atoms with Crippen molar-refractivity contribution in [2.45, 2.75) is 13.5 Å². The monoisotopic (exact) mass is 451 g/mol. The van der Waals surface area contributed by atoms with Gasteiger partial charge in [0.1, 0.15) is 10.7 Å². The molecule has 4 rings (SSSR count). The summed E-state index contributed by atoms with van der Waals surface area (Å²) in [6, 6.07) is 9.86. The van der Waals surface area contributed by atoms with Crippen LogP contribution in [0.3, 0.4) is 0 Å². The number of rotatable bonds is 5. The van der Waals surface area contributed by atoms with Gasteiger partial charge in [0, 0.05) is 28.9 Å². The topological polar surface area (TPSA) is 64.2 Å². The molecule has 0 aliphatic carbocycles. The molecular formula is C22H15ClFN5OS. The lowest BCUT2D eigenvalue weighted by atomic mass is 10.1. The second-order valence-electron chi connectivity index (χ2n) is 6.68. The normalized spacial score (nSPS) is 10.6. The lowest BCUT2D eigenvalue weighted by molar-refractivity contribution is 0.0954. The van der Waals surface area contributed by atoms with Gasteiger partial charge in [-0.15, -0.1) is 11.3 Å². The van der Waals surface area contributed by atoms with Crippen molar-refractivity contribution in [2.75, 3.05) is 0 Å². The Morgan fingerprint density at radius 1 is 1.29 bits per heavy atom. The molecular weight excluding hydrogens is 437 g/mol. The lowest BCUT2D eigenvalue weighted by Gasteiger charge is -2.07. The molecule has 2 aromatic heterocycles. The Balaban J connectivity index is 1.50. The SMILES string of the molecule is [C-]#[N+]c1ccc(-n2cc(-c3ccc(CNC(=O)c4scnc4C)c(F)c3)cn2)cc1Cl. The maximum Gasteiger partial charge on any atom is 0.263 e. The van der Waals surface area contributed by atoms with E-state index in [-0.39, 0.29) is 12.5 Å². The molecule has 0 aliphatic rings. The van der Waals surface area contributed by atoms with Gasteiger partial charge in [0.2, 0.25) is 5.69 Å². The fraction of sp³-hybridized carbons (Fsp3) is 0.0909. The van der Waals surface area contributed by atoms with E-state index in [1.807, 2.05) is 0 Å². The maximum absolute atomic E-state index is 14.6. The van der Waals surface area contributed by atoms with Gasteiger partial charge in [-0.1, -0.05) is 29.8 Å². The molecule has 0 atom stereocenters. The third kappa shape index (κ3) is 4.33. The standard InChI is InChI=1S/C22H15ClFN5OS/c1-13-21(31-12-27-13)22(30)26-9-15-4-3-14(7-19(15)24)16-10-28-29(11-16)17-5-6-20(25-2)18(23)8-17/h3-8,10-12H,9H2,1H3,(H,26,30). The van der Waals surface area contributed by atoms with Crippen LogP contribution in [-0.4, -0.2) is 20.7 Å². The van der Waals surface area contributed by atoms with Gasteiger partial charge >= 0.3 is 0 Å². The van der Waals surface area contributed by atoms with Crippen molar-refractivity contribution >= 4 is 34.5 Å². The van der Waals surface area contributed by atoms with Crippen molar-refractivity contribution in [2.24, 2.45) is 0 Å². The number of carbonyl (C=O) groups is 1. The molecule has 0 saturated carbocycles. The number of nitrogens with one attached hydrogen (secondary N) is 1. The molecule has 0 fully saturated rings. The molecule has 0 spiro atoms. The van der Waals surface area contributed by atoms with Crippen molar-refractivity contribution in [1.29, 1.82) is 0 Å². The molecule has 1 N–H and O–H groups in total. The molecule has 0 unspecified atom stereocenters. The number of halogens is 2. The molecule has 2 aromatic carbocycles. The van der Waals surface area contributed by atoms with Crippen LogP contribution in [0.1, 0.15) is 20.9 Å². The number of thiazole rings is 1. The number of benzene rings is 2. The molecule has 31 heavy (non-hydrogen) atoms. The van der Waals surface area contributed by atoms with Crippen LogP contribution in [0.25, 0.3) is 21.7 Å². The summed E-state index contributed by atoms with van der Waals surface area (Å²) >= 11 is 7.35. The van der Waals surface area contributed by atoms with Gasteiger partial charge in [0.15, 0.2) is 0 Å². The van der Waals surface area contributed by atoms with Gasteiger partial charge in [0.25, 0.3) is 5.91 Å². The Morgan fingerprint density at radius 2 is 2.13 bits per heavy atom. The number of carbonyl (C=O) groups excluding carboxylic acids is 1. The highest BCUT2D eigenvalue weighted by molar-refractivity contribution is 7.11. The van der Waals surface area contributed by atoms with Crippen molar-refractivity contribution < 1.29 is 9.18 Å². The van der Waals surface area contributed by atoms with Crippen molar-refractivity contribution in [1.82, 2.24) is 20.1 Å². The molecule has 6 nitrogen and oxygen atoms in total. The average Bonchev–Trinajstić information content (AvgIpc) is 3.42. The highest BCUT2D eigenvalue weighted by Gasteiger charge is 2.13. The molecule has 9 heteroatoms. The Hall–Kier alpha value is -3.54. The zero-order valence-electron chi connectivity index (χ0n) is 16.3. The van der Waals surface area contributed by atoms with E-state index in [4.69, 9.17) is 18.2 Å². The summed E-state index contributed by atoms with van der Waals surface area (Å²) in [6.07, 6.45) is 3.38. The molecule has 1 amide bonds. The molecule has 0 bridgehead atoms. The zero-order chi connectivity index (χ0) is 22.0. The number of aromatic nitrogens is 3. The van der Waals surface area contributed by atoms with Crippen LogP contribution in [0.2, 0.25) is 5.02 Å². The summed E-state index contributed by atoms with van der Waals surface area (Å²) in [5, 5.41) is 7.37. The molecule has 4 aromatic rings. The number of amides is 1. The first-order chi connectivity index (χ1) is 15.0. The quantitative estimate of drug-likeness (QED) is 0.403. The van der Waals surface area contributed by atoms with Gasteiger partial charge in [-0.2, -0.15) is 5.10 Å². The molecule has 2 heterocycles. The number of nitrogens with zero attached hydrogens (tertiary/aromatic N) is 4. The minimum atomic E-state index is -0.420. The summed E-state index contributed by atoms with van der Waals surface area (Å²) in [4.78, 5) is 20.1. The van der Waals surface area contributed by atoms with Crippen molar-refractivity contribution in [3.8, 4) is 16.8 Å². The number of hydrogen-bond donors (Lipinski definition) is 1. The van der Waals surface area contributed by atoms with Crippen LogP contribution >= 0.6 is 22.9 Å². The fourth-order valence-corrected chi connectivity index (χ4v) is 3.92. The van der Waals surface area contributed by atoms with Gasteiger partial charge in [-0.05, 0) is 30.7 Å². The molecule has 0 radical (unpaired) electrons. The van der Waals surface area contributed by atoms with Gasteiger partial charge in [-0.25, -0.2) is 18.9 Å². The second kappa shape index (κ2) is 8.68. The van der Waals surface area contributed by atoms with E-state index in [1.54, 1.807) is 59.8 Å². The largest absolute Gasteiger partial charge is 0.347 e. The first-order valence-corrected chi connectivity index (χ1v) is 10.4. The van der Waals surface area contributed by atoms with Gasteiger partial charge in [-0.3, -0.25) is 4.79 Å². The first kappa shape index (κ1) is 20.7. The Kier molecular flexibility index (Phi) is 5.80. The highest BCUT2D eigenvalue weighted by atomic mass is 35.5. The maximum atomic E-state index is 14.6. The predicted molar refractivity (Wildman–Crippen MR) is 118 cm³/mol. The summed E-state index contributed by atoms with van der Waals surface area (Å²) in [6.45, 7) is 8.90. The molecule has 154 valence electrons. The van der Waals surface area contributed by atoms with E-state index in [0.29, 0.717) is 38.1 Å². The van der Waals surface area contributed by atoms with E-state index in [2.05, 4.69) is 20.2 Å². The minimum absolute atomic E-state index is 0.0768. The predicted octanol–water partition coefficient (Wildman–Crippen LogP) is 5.58. The van der Waals surface area contributed by atoms with E-state index < -0.39 is 5.82 Å². The van der Waals surface area contributed by atoms with Crippen LogP contribution in [0, 0.1) is 19.3 Å². The van der Waals surface area contributed by atoms with Crippen molar-refractivity contribution in [3.05, 3.63) is 92.7 Å². The zero-order valence-corrected chi connectivity index (χ0v) is 17.8. The Labute approximate surface area is 186 Å². The van der Waals surface area contributed by atoms with Crippen LogP contribution in [0.15, 0.2) is 54.3 Å². The molecule has 0 saturated heterocycles.